The molecule has 0 fully saturated rings. The van der Waals surface area contributed by atoms with Gasteiger partial charge in [-0.2, -0.15) is 0 Å². The van der Waals surface area contributed by atoms with Crippen molar-refractivity contribution in [3.63, 3.8) is 0 Å². The fourth-order valence-corrected chi connectivity index (χ4v) is 2.06. The van der Waals surface area contributed by atoms with E-state index in [2.05, 4.69) is 4.98 Å². The molecule has 0 spiro atoms. The van der Waals surface area contributed by atoms with Gasteiger partial charge in [-0.05, 0) is 30.2 Å². The molecular weight excluding hydrogens is 248 g/mol. The Hall–Kier alpha value is -1.58. The summed E-state index contributed by atoms with van der Waals surface area (Å²) < 4.78 is 5.26. The van der Waals surface area contributed by atoms with Gasteiger partial charge in [0.1, 0.15) is 5.75 Å². The van der Waals surface area contributed by atoms with Crippen molar-refractivity contribution < 1.29 is 4.74 Å². The van der Waals surface area contributed by atoms with Gasteiger partial charge in [-0.3, -0.25) is 4.98 Å². The summed E-state index contributed by atoms with van der Waals surface area (Å²) in [5, 5.41) is 0.725. The lowest BCUT2D eigenvalue weighted by Crippen LogP contribution is -2.16. The molecule has 18 heavy (non-hydrogen) atoms. The van der Waals surface area contributed by atoms with E-state index < -0.39 is 0 Å². The van der Waals surface area contributed by atoms with E-state index in [0.29, 0.717) is 12.2 Å². The van der Waals surface area contributed by atoms with E-state index in [1.165, 1.54) is 0 Å². The lowest BCUT2D eigenvalue weighted by atomic mass is 10.0. The van der Waals surface area contributed by atoms with Crippen molar-refractivity contribution in [2.45, 2.75) is 12.5 Å². The third-order valence-corrected chi connectivity index (χ3v) is 3.14. The lowest BCUT2D eigenvalue weighted by Gasteiger charge is -2.15. The Bertz CT molecular complexity index is 531. The van der Waals surface area contributed by atoms with Crippen molar-refractivity contribution >= 4 is 11.6 Å². The van der Waals surface area contributed by atoms with Crippen molar-refractivity contribution in [1.29, 1.82) is 0 Å². The van der Waals surface area contributed by atoms with Gasteiger partial charge >= 0.3 is 0 Å². The fourth-order valence-electron chi connectivity index (χ4n) is 1.85. The minimum Gasteiger partial charge on any atom is -0.495 e. The zero-order chi connectivity index (χ0) is 13.0. The molecule has 2 N–H and O–H groups in total. The molecule has 1 aromatic heterocycles. The van der Waals surface area contributed by atoms with E-state index in [1.807, 2.05) is 36.4 Å². The summed E-state index contributed by atoms with van der Waals surface area (Å²) in [5.41, 5.74) is 7.93. The van der Waals surface area contributed by atoms with Crippen LogP contribution in [0.4, 0.5) is 0 Å². The summed E-state index contributed by atoms with van der Waals surface area (Å²) in [6, 6.07) is 11.1. The second-order valence-corrected chi connectivity index (χ2v) is 4.40. The molecule has 1 aromatic carbocycles. The number of ether oxygens (including phenoxy) is 1. The number of halogens is 1. The van der Waals surface area contributed by atoms with Gasteiger partial charge in [0, 0.05) is 11.2 Å². The summed E-state index contributed by atoms with van der Waals surface area (Å²) in [6.45, 7) is 0. The van der Waals surface area contributed by atoms with E-state index in [0.717, 1.165) is 16.3 Å². The number of nitrogens with zero attached hydrogens (tertiary/aromatic N) is 1. The highest BCUT2D eigenvalue weighted by Gasteiger charge is 2.14. The van der Waals surface area contributed by atoms with E-state index >= 15 is 0 Å². The van der Waals surface area contributed by atoms with Gasteiger partial charge in [-0.15, -0.1) is 0 Å². The van der Waals surface area contributed by atoms with Crippen LogP contribution in [0.3, 0.4) is 0 Å². The maximum absolute atomic E-state index is 6.17. The Balaban J connectivity index is 2.22. The Morgan fingerprint density at radius 2 is 2.06 bits per heavy atom. The number of aromatic nitrogens is 1. The van der Waals surface area contributed by atoms with Crippen LogP contribution in [-0.4, -0.2) is 12.1 Å². The van der Waals surface area contributed by atoms with Crippen LogP contribution in [0, 0.1) is 0 Å². The Kier molecular flexibility index (Phi) is 4.18. The average molecular weight is 263 g/mol. The van der Waals surface area contributed by atoms with Crippen molar-refractivity contribution in [3.8, 4) is 5.75 Å². The van der Waals surface area contributed by atoms with Crippen molar-refractivity contribution in [1.82, 2.24) is 4.98 Å². The molecule has 0 saturated carbocycles. The number of methoxy groups -OCH3 is 1. The zero-order valence-corrected chi connectivity index (χ0v) is 10.9. The molecule has 1 atom stereocenters. The van der Waals surface area contributed by atoms with Gasteiger partial charge in [0.15, 0.2) is 0 Å². The van der Waals surface area contributed by atoms with Crippen LogP contribution in [0.1, 0.15) is 17.3 Å². The summed E-state index contributed by atoms with van der Waals surface area (Å²) in [7, 11) is 1.61. The topological polar surface area (TPSA) is 48.1 Å². The minimum atomic E-state index is -0.235. The standard InChI is InChI=1S/C14H15ClN2O/c1-18-13-7-4-8-17-14(13)12(16)9-10-5-2-3-6-11(10)15/h2-8,12H,9,16H2,1H3. The van der Waals surface area contributed by atoms with Crippen molar-refractivity contribution in [2.75, 3.05) is 7.11 Å². The van der Waals surface area contributed by atoms with Crippen molar-refractivity contribution in [3.05, 3.63) is 58.9 Å². The van der Waals surface area contributed by atoms with Gasteiger partial charge in [0.2, 0.25) is 0 Å². The molecule has 0 aliphatic carbocycles. The molecule has 4 heteroatoms. The summed E-state index contributed by atoms with van der Waals surface area (Å²) in [6.07, 6.45) is 2.34. The highest BCUT2D eigenvalue weighted by Crippen LogP contribution is 2.25. The van der Waals surface area contributed by atoms with Crippen LogP contribution in [0.5, 0.6) is 5.75 Å². The van der Waals surface area contributed by atoms with Crippen LogP contribution in [-0.2, 0) is 6.42 Å². The van der Waals surface area contributed by atoms with Crippen LogP contribution >= 0.6 is 11.6 Å². The molecule has 0 bridgehead atoms. The van der Waals surface area contributed by atoms with Crippen LogP contribution in [0.2, 0.25) is 5.02 Å². The van der Waals surface area contributed by atoms with Gasteiger partial charge in [-0.1, -0.05) is 29.8 Å². The van der Waals surface area contributed by atoms with E-state index in [-0.39, 0.29) is 6.04 Å². The maximum Gasteiger partial charge on any atom is 0.141 e. The molecule has 0 radical (unpaired) electrons. The SMILES string of the molecule is COc1cccnc1C(N)Cc1ccccc1Cl. The highest BCUT2D eigenvalue weighted by molar-refractivity contribution is 6.31. The Morgan fingerprint density at radius 3 is 2.78 bits per heavy atom. The summed E-state index contributed by atoms with van der Waals surface area (Å²) in [4.78, 5) is 4.28. The number of benzene rings is 1. The van der Waals surface area contributed by atoms with Gasteiger partial charge in [-0.25, -0.2) is 0 Å². The lowest BCUT2D eigenvalue weighted by molar-refractivity contribution is 0.401. The van der Waals surface area contributed by atoms with Gasteiger partial charge in [0.05, 0.1) is 18.8 Å². The van der Waals surface area contributed by atoms with E-state index in [4.69, 9.17) is 22.1 Å². The zero-order valence-electron chi connectivity index (χ0n) is 10.1. The second kappa shape index (κ2) is 5.85. The predicted octanol–water partition coefficient (Wildman–Crippen LogP) is 2.99. The third kappa shape index (κ3) is 2.81. The highest BCUT2D eigenvalue weighted by atomic mass is 35.5. The number of nitrogens with two attached hydrogens (primary N) is 1. The molecule has 0 aliphatic heterocycles. The number of hydrogen-bond acceptors (Lipinski definition) is 3. The van der Waals surface area contributed by atoms with Gasteiger partial charge < -0.3 is 10.5 Å². The number of pyridine rings is 1. The van der Waals surface area contributed by atoms with Gasteiger partial charge in [0.25, 0.3) is 0 Å². The summed E-state index contributed by atoms with van der Waals surface area (Å²) >= 11 is 6.12. The molecule has 1 heterocycles. The molecule has 0 amide bonds. The van der Waals surface area contributed by atoms with E-state index in [1.54, 1.807) is 13.3 Å². The monoisotopic (exact) mass is 262 g/mol. The Morgan fingerprint density at radius 1 is 1.28 bits per heavy atom. The Labute approximate surface area is 112 Å². The quantitative estimate of drug-likeness (QED) is 0.922. The summed E-state index contributed by atoms with van der Waals surface area (Å²) in [5.74, 6) is 0.706. The first-order valence-electron chi connectivity index (χ1n) is 5.70. The maximum atomic E-state index is 6.17. The molecule has 1 unspecified atom stereocenters. The molecule has 2 rings (SSSR count). The average Bonchev–Trinajstić information content (AvgIpc) is 2.41. The van der Waals surface area contributed by atoms with E-state index in [9.17, 15) is 0 Å². The minimum absolute atomic E-state index is 0.235. The molecular formula is C14H15ClN2O. The smallest absolute Gasteiger partial charge is 0.141 e. The first-order valence-corrected chi connectivity index (χ1v) is 6.08. The van der Waals surface area contributed by atoms with Crippen LogP contribution in [0.15, 0.2) is 42.6 Å². The normalized spacial score (nSPS) is 12.2. The molecule has 94 valence electrons. The molecule has 3 nitrogen and oxygen atoms in total. The second-order valence-electron chi connectivity index (χ2n) is 3.99. The molecule has 2 aromatic rings. The fraction of sp³-hybridized carbons (Fsp3) is 0.214. The number of rotatable bonds is 4. The van der Waals surface area contributed by atoms with Crippen LogP contribution in [0.25, 0.3) is 0 Å². The largest absolute Gasteiger partial charge is 0.495 e. The first-order chi connectivity index (χ1) is 8.72. The van der Waals surface area contributed by atoms with Crippen molar-refractivity contribution in [2.24, 2.45) is 5.73 Å². The van der Waals surface area contributed by atoms with Crippen LogP contribution < -0.4 is 10.5 Å². The predicted molar refractivity (Wildman–Crippen MR) is 72.9 cm³/mol. The molecule has 0 aliphatic rings. The molecule has 0 saturated heterocycles. The number of hydrogen-bond donors (Lipinski definition) is 1. The first kappa shape index (κ1) is 12.9. The third-order valence-electron chi connectivity index (χ3n) is 2.77.